The van der Waals surface area contributed by atoms with E-state index >= 15 is 0 Å². The number of hydrogen-bond donors (Lipinski definition) is 1. The normalized spacial score (nSPS) is 21.1. The Hall–Kier alpha value is -3.42. The lowest BCUT2D eigenvalue weighted by molar-refractivity contribution is 0.139. The van der Waals surface area contributed by atoms with E-state index in [2.05, 4.69) is 44.7 Å². The van der Waals surface area contributed by atoms with Crippen molar-refractivity contribution in [3.05, 3.63) is 67.1 Å². The molecule has 0 spiro atoms. The molecular formula is C31H38N6O. The Balaban J connectivity index is 1.16. The van der Waals surface area contributed by atoms with E-state index in [0.29, 0.717) is 11.9 Å². The van der Waals surface area contributed by atoms with Crippen LogP contribution in [0.15, 0.2) is 67.1 Å². The molecule has 3 heterocycles. The molecule has 4 aromatic rings. The Morgan fingerprint density at radius 3 is 2.32 bits per heavy atom. The van der Waals surface area contributed by atoms with Gasteiger partial charge in [-0.05, 0) is 81.4 Å². The monoisotopic (exact) mass is 510 g/mol. The van der Waals surface area contributed by atoms with Crippen LogP contribution in [0, 0.1) is 5.92 Å². The number of fused-ring (bicyclic) bond motifs is 1. The first-order valence-corrected chi connectivity index (χ1v) is 14.0. The summed E-state index contributed by atoms with van der Waals surface area (Å²) in [4.78, 5) is 14.1. The molecule has 2 fully saturated rings. The predicted octanol–water partition coefficient (Wildman–Crippen LogP) is 5.84. The second-order valence-electron chi connectivity index (χ2n) is 11.0. The first-order chi connectivity index (χ1) is 18.6. The van der Waals surface area contributed by atoms with E-state index in [1.807, 2.05) is 42.5 Å². The van der Waals surface area contributed by atoms with Gasteiger partial charge < -0.3 is 24.8 Å². The number of likely N-dealkylation sites (N-methyl/N-ethyl adjacent to an activating group) is 1. The van der Waals surface area contributed by atoms with Crippen LogP contribution in [0.3, 0.4) is 0 Å². The molecule has 0 radical (unpaired) electrons. The van der Waals surface area contributed by atoms with E-state index < -0.39 is 0 Å². The van der Waals surface area contributed by atoms with Gasteiger partial charge in [0.15, 0.2) is 0 Å². The van der Waals surface area contributed by atoms with Gasteiger partial charge in [0.25, 0.3) is 0 Å². The molecule has 6 rings (SSSR count). The number of benzene rings is 2. The van der Waals surface area contributed by atoms with Crippen LogP contribution in [-0.4, -0.2) is 64.1 Å². The van der Waals surface area contributed by atoms with Crippen molar-refractivity contribution in [1.29, 1.82) is 0 Å². The number of nitrogens with zero attached hydrogens (tertiary/aromatic N) is 5. The van der Waals surface area contributed by atoms with E-state index in [0.717, 1.165) is 39.6 Å². The Morgan fingerprint density at radius 1 is 0.868 bits per heavy atom. The number of aromatic nitrogens is 3. The topological polar surface area (TPSA) is 72.4 Å². The van der Waals surface area contributed by atoms with Crippen molar-refractivity contribution in [2.24, 2.45) is 5.92 Å². The van der Waals surface area contributed by atoms with Crippen LogP contribution in [0.1, 0.15) is 38.1 Å². The van der Waals surface area contributed by atoms with Crippen LogP contribution in [0.2, 0.25) is 0 Å². The second-order valence-corrected chi connectivity index (χ2v) is 11.0. The summed E-state index contributed by atoms with van der Waals surface area (Å²) >= 11 is 0. The van der Waals surface area contributed by atoms with E-state index in [4.69, 9.17) is 15.5 Å². The van der Waals surface area contributed by atoms with Crippen molar-refractivity contribution in [3.8, 4) is 22.6 Å². The molecule has 1 aliphatic carbocycles. The number of rotatable bonds is 7. The highest BCUT2D eigenvalue weighted by Crippen LogP contribution is 2.40. The Kier molecular flexibility index (Phi) is 7.29. The summed E-state index contributed by atoms with van der Waals surface area (Å²) < 4.78 is 8.36. The summed E-state index contributed by atoms with van der Waals surface area (Å²) in [5, 5.41) is 0.946. The zero-order valence-corrected chi connectivity index (χ0v) is 22.3. The molecule has 2 aromatic heterocycles. The molecular weight excluding hydrogens is 472 g/mol. The van der Waals surface area contributed by atoms with Crippen molar-refractivity contribution < 1.29 is 4.74 Å². The average Bonchev–Trinajstić information content (AvgIpc) is 3.35. The number of hydrogen-bond acceptors (Lipinski definition) is 6. The molecule has 0 atom stereocenters. The van der Waals surface area contributed by atoms with Crippen LogP contribution in [0.5, 0.6) is 11.5 Å². The van der Waals surface area contributed by atoms with Crippen LogP contribution in [-0.2, 0) is 0 Å². The summed E-state index contributed by atoms with van der Waals surface area (Å²) in [6, 6.07) is 18.5. The van der Waals surface area contributed by atoms with E-state index in [1.54, 1.807) is 6.33 Å². The molecule has 0 bridgehead atoms. The lowest BCUT2D eigenvalue weighted by atomic mass is 9.84. The molecule has 0 unspecified atom stereocenters. The van der Waals surface area contributed by atoms with Crippen molar-refractivity contribution >= 4 is 16.9 Å². The molecule has 2 N–H and O–H groups in total. The fourth-order valence-corrected chi connectivity index (χ4v) is 6.08. The third-order valence-electron chi connectivity index (χ3n) is 8.44. The lowest BCUT2D eigenvalue weighted by Gasteiger charge is -2.35. The maximum atomic E-state index is 6.41. The van der Waals surface area contributed by atoms with E-state index in [9.17, 15) is 0 Å². The summed E-state index contributed by atoms with van der Waals surface area (Å²) in [7, 11) is 2.23. The molecule has 2 aromatic carbocycles. The van der Waals surface area contributed by atoms with Gasteiger partial charge in [-0.3, -0.25) is 0 Å². The lowest BCUT2D eigenvalue weighted by Crippen LogP contribution is -2.45. The SMILES string of the molecule is CN1CCN(CCC2CCC(n3cc(-c4ccc(Oc5ccccc5)cc4)c4c(N)ncnc43)CC2)CC1. The fraction of sp³-hybridized carbons (Fsp3) is 0.419. The zero-order chi connectivity index (χ0) is 25.9. The Labute approximate surface area is 225 Å². The quantitative estimate of drug-likeness (QED) is 0.337. The van der Waals surface area contributed by atoms with Gasteiger partial charge in [0.05, 0.1) is 5.39 Å². The zero-order valence-electron chi connectivity index (χ0n) is 22.3. The molecule has 1 saturated heterocycles. The van der Waals surface area contributed by atoms with Gasteiger partial charge in [-0.25, -0.2) is 9.97 Å². The minimum absolute atomic E-state index is 0.445. The highest BCUT2D eigenvalue weighted by Gasteiger charge is 2.26. The maximum Gasteiger partial charge on any atom is 0.146 e. The number of ether oxygens (including phenoxy) is 1. The van der Waals surface area contributed by atoms with E-state index in [1.165, 1.54) is 64.8 Å². The van der Waals surface area contributed by atoms with Gasteiger partial charge in [-0.15, -0.1) is 0 Å². The molecule has 1 saturated carbocycles. The van der Waals surface area contributed by atoms with Crippen molar-refractivity contribution in [1.82, 2.24) is 24.3 Å². The molecule has 7 heteroatoms. The molecule has 2 aliphatic rings. The predicted molar refractivity (Wildman–Crippen MR) is 153 cm³/mol. The van der Waals surface area contributed by atoms with Crippen LogP contribution >= 0.6 is 0 Å². The highest BCUT2D eigenvalue weighted by atomic mass is 16.5. The van der Waals surface area contributed by atoms with Crippen molar-refractivity contribution in [2.45, 2.75) is 38.1 Å². The van der Waals surface area contributed by atoms with Gasteiger partial charge in [0.1, 0.15) is 29.3 Å². The smallest absolute Gasteiger partial charge is 0.146 e. The number of anilines is 1. The summed E-state index contributed by atoms with van der Waals surface area (Å²) in [5.41, 5.74) is 9.53. The molecule has 1 aliphatic heterocycles. The number of piperazine rings is 1. The summed E-state index contributed by atoms with van der Waals surface area (Å²) in [6.07, 6.45) is 10.1. The van der Waals surface area contributed by atoms with Gasteiger partial charge in [-0.1, -0.05) is 30.3 Å². The summed E-state index contributed by atoms with van der Waals surface area (Å²) in [6.45, 7) is 6.07. The Bertz CT molecular complexity index is 1340. The third kappa shape index (κ3) is 5.40. The minimum atomic E-state index is 0.445. The average molecular weight is 511 g/mol. The van der Waals surface area contributed by atoms with E-state index in [-0.39, 0.29) is 0 Å². The maximum absolute atomic E-state index is 6.41. The second kappa shape index (κ2) is 11.1. The van der Waals surface area contributed by atoms with Crippen molar-refractivity contribution in [3.63, 3.8) is 0 Å². The number of nitrogens with two attached hydrogens (primary N) is 1. The van der Waals surface area contributed by atoms with Gasteiger partial charge in [-0.2, -0.15) is 0 Å². The Morgan fingerprint density at radius 2 is 1.58 bits per heavy atom. The van der Waals surface area contributed by atoms with Gasteiger partial charge >= 0.3 is 0 Å². The standard InChI is InChI=1S/C31H38N6O/c1-35-17-19-36(20-18-35)16-15-23-7-11-25(12-8-23)37-21-28(29-30(32)33-22-34-31(29)37)24-9-13-27(14-10-24)38-26-5-3-2-4-6-26/h2-6,9-10,13-14,21-23,25H,7-8,11-12,15-20H2,1H3,(H2,32,33,34). The first-order valence-electron chi connectivity index (χ1n) is 14.0. The van der Waals surface area contributed by atoms with Crippen LogP contribution in [0.25, 0.3) is 22.2 Å². The van der Waals surface area contributed by atoms with Crippen LogP contribution < -0.4 is 10.5 Å². The molecule has 0 amide bonds. The number of para-hydroxylation sites is 1. The largest absolute Gasteiger partial charge is 0.457 e. The van der Waals surface area contributed by atoms with Crippen molar-refractivity contribution in [2.75, 3.05) is 45.5 Å². The third-order valence-corrected chi connectivity index (χ3v) is 8.44. The van der Waals surface area contributed by atoms with Gasteiger partial charge in [0.2, 0.25) is 0 Å². The fourth-order valence-electron chi connectivity index (χ4n) is 6.08. The highest BCUT2D eigenvalue weighted by molar-refractivity contribution is 6.00. The summed E-state index contributed by atoms with van der Waals surface area (Å²) in [5.74, 6) is 3.00. The minimum Gasteiger partial charge on any atom is -0.457 e. The van der Waals surface area contributed by atoms with Crippen LogP contribution in [0.4, 0.5) is 5.82 Å². The molecule has 38 heavy (non-hydrogen) atoms. The van der Waals surface area contributed by atoms with Gasteiger partial charge in [0, 0.05) is 44.0 Å². The molecule has 7 nitrogen and oxygen atoms in total. The first kappa shape index (κ1) is 24.9. The number of nitrogen functional groups attached to an aromatic ring is 1. The molecule has 198 valence electrons.